The lowest BCUT2D eigenvalue weighted by atomic mass is 10.0. The fourth-order valence-corrected chi connectivity index (χ4v) is 4.54. The number of imidazole rings is 1. The van der Waals surface area contributed by atoms with Gasteiger partial charge in [-0.25, -0.2) is 19.9 Å². The van der Waals surface area contributed by atoms with Crippen LogP contribution in [0, 0.1) is 0 Å². The van der Waals surface area contributed by atoms with Gasteiger partial charge in [-0.15, -0.1) is 0 Å². The van der Waals surface area contributed by atoms with Gasteiger partial charge >= 0.3 is 6.18 Å². The summed E-state index contributed by atoms with van der Waals surface area (Å²) in [7, 11) is 0. The summed E-state index contributed by atoms with van der Waals surface area (Å²) in [6, 6.07) is 11.2. The largest absolute Gasteiger partial charge is 0.397 e. The maximum atomic E-state index is 12.5. The van der Waals surface area contributed by atoms with Crippen molar-refractivity contribution in [3.8, 4) is 11.3 Å². The number of hydrogen-bond donors (Lipinski definition) is 3. The van der Waals surface area contributed by atoms with Crippen molar-refractivity contribution in [1.82, 2.24) is 34.7 Å². The first-order valence-corrected chi connectivity index (χ1v) is 12.8. The minimum Gasteiger partial charge on any atom is -0.384 e. The third-order valence-corrected chi connectivity index (χ3v) is 6.63. The second kappa shape index (κ2) is 10.8. The number of alkyl halides is 3. The van der Waals surface area contributed by atoms with E-state index < -0.39 is 24.1 Å². The first-order valence-electron chi connectivity index (χ1n) is 12.8. The number of piperazine rings is 1. The molecule has 1 amide bonds. The van der Waals surface area contributed by atoms with Crippen molar-refractivity contribution in [2.24, 2.45) is 0 Å². The maximum Gasteiger partial charge on any atom is 0.397 e. The predicted octanol–water partition coefficient (Wildman–Crippen LogP) is 3.98. The van der Waals surface area contributed by atoms with Crippen LogP contribution in [-0.4, -0.2) is 78.1 Å². The normalized spacial score (nSPS) is 15.0. The Hall–Kier alpha value is -4.10. The van der Waals surface area contributed by atoms with Crippen LogP contribution in [0.5, 0.6) is 0 Å². The molecule has 3 aromatic heterocycles. The molecule has 3 N–H and O–H groups in total. The highest BCUT2D eigenvalue weighted by Gasteiger charge is 2.34. The molecule has 0 bridgehead atoms. The smallest absolute Gasteiger partial charge is 0.384 e. The molecule has 10 nitrogen and oxygen atoms in total. The molecular weight excluding hydrogens is 525 g/mol. The number of aromatic nitrogens is 5. The highest BCUT2D eigenvalue weighted by Crippen LogP contribution is 2.27. The van der Waals surface area contributed by atoms with E-state index in [4.69, 9.17) is 0 Å². The van der Waals surface area contributed by atoms with Crippen LogP contribution in [0.15, 0.2) is 48.9 Å². The Balaban J connectivity index is 1.23. The lowest BCUT2D eigenvalue weighted by Gasteiger charge is -2.35. The van der Waals surface area contributed by atoms with E-state index in [1.165, 1.54) is 11.2 Å². The number of aliphatic hydroxyl groups is 1. The number of rotatable bonds is 7. The number of fused-ring (bicyclic) bond motifs is 1. The van der Waals surface area contributed by atoms with E-state index in [1.54, 1.807) is 26.1 Å². The first kappa shape index (κ1) is 27.5. The van der Waals surface area contributed by atoms with Gasteiger partial charge in [0.15, 0.2) is 0 Å². The third kappa shape index (κ3) is 6.72. The molecule has 0 spiro atoms. The SMILES string of the molecule is CC(C)(O)c1cc(-c2ccc3nc(Nc4cc(CN5CCN(C(=O)CC(F)(F)F)CC5)ccn4)[nH]c3c2)ncn1. The number of amides is 1. The number of pyridine rings is 1. The van der Waals surface area contributed by atoms with Crippen LogP contribution in [-0.2, 0) is 16.9 Å². The fraction of sp³-hybridized carbons (Fsp3) is 0.370. The molecule has 0 unspecified atom stereocenters. The van der Waals surface area contributed by atoms with Gasteiger partial charge in [0, 0.05) is 44.5 Å². The van der Waals surface area contributed by atoms with Crippen molar-refractivity contribution >= 4 is 28.7 Å². The molecule has 13 heteroatoms. The van der Waals surface area contributed by atoms with Crippen molar-refractivity contribution < 1.29 is 23.1 Å². The Morgan fingerprint density at radius 2 is 1.82 bits per heavy atom. The van der Waals surface area contributed by atoms with E-state index in [9.17, 15) is 23.1 Å². The maximum absolute atomic E-state index is 12.5. The molecule has 1 aliphatic heterocycles. The molecule has 1 aromatic carbocycles. The topological polar surface area (TPSA) is 123 Å². The van der Waals surface area contributed by atoms with E-state index in [1.807, 2.05) is 30.3 Å². The lowest BCUT2D eigenvalue weighted by molar-refractivity contribution is -0.162. The summed E-state index contributed by atoms with van der Waals surface area (Å²) in [5, 5.41) is 13.5. The van der Waals surface area contributed by atoms with Crippen LogP contribution < -0.4 is 5.32 Å². The number of aromatic amines is 1. The number of nitrogens with zero attached hydrogens (tertiary/aromatic N) is 6. The van der Waals surface area contributed by atoms with Gasteiger partial charge in [0.05, 0.1) is 22.4 Å². The van der Waals surface area contributed by atoms with Crippen molar-refractivity contribution in [3.63, 3.8) is 0 Å². The number of H-pyrrole nitrogens is 1. The summed E-state index contributed by atoms with van der Waals surface area (Å²) in [4.78, 5) is 35.9. The second-order valence-electron chi connectivity index (χ2n) is 10.3. The summed E-state index contributed by atoms with van der Waals surface area (Å²) in [6.07, 6.45) is -2.80. The van der Waals surface area contributed by atoms with Gasteiger partial charge in [-0.3, -0.25) is 9.69 Å². The Kier molecular flexibility index (Phi) is 7.43. The number of carbonyl (C=O) groups is 1. The number of anilines is 2. The van der Waals surface area contributed by atoms with Gasteiger partial charge in [0.25, 0.3) is 0 Å². The van der Waals surface area contributed by atoms with Crippen LogP contribution in [0.2, 0.25) is 0 Å². The monoisotopic (exact) mass is 554 g/mol. The zero-order chi connectivity index (χ0) is 28.5. The molecule has 0 atom stereocenters. The second-order valence-corrected chi connectivity index (χ2v) is 10.3. The van der Waals surface area contributed by atoms with Crippen LogP contribution >= 0.6 is 0 Å². The quantitative estimate of drug-likeness (QED) is 0.314. The van der Waals surface area contributed by atoms with E-state index in [-0.39, 0.29) is 13.1 Å². The number of carbonyl (C=O) groups excluding carboxylic acids is 1. The minimum absolute atomic E-state index is 0.264. The lowest BCUT2D eigenvalue weighted by Crippen LogP contribution is -2.49. The van der Waals surface area contributed by atoms with Gasteiger partial charge < -0.3 is 20.3 Å². The average Bonchev–Trinajstić information content (AvgIpc) is 3.29. The molecular formula is C27H29F3N8O2. The molecule has 4 heterocycles. The van der Waals surface area contributed by atoms with E-state index in [2.05, 4.69) is 35.1 Å². The summed E-state index contributed by atoms with van der Waals surface area (Å²) >= 11 is 0. The van der Waals surface area contributed by atoms with Gasteiger partial charge in [0.1, 0.15) is 24.2 Å². The molecule has 1 aliphatic rings. The number of nitrogens with one attached hydrogen (secondary N) is 2. The van der Waals surface area contributed by atoms with Crippen LogP contribution in [0.25, 0.3) is 22.3 Å². The summed E-state index contributed by atoms with van der Waals surface area (Å²) < 4.78 is 37.6. The highest BCUT2D eigenvalue weighted by atomic mass is 19.4. The van der Waals surface area contributed by atoms with Crippen molar-refractivity contribution in [2.75, 3.05) is 31.5 Å². The molecule has 0 radical (unpaired) electrons. The zero-order valence-electron chi connectivity index (χ0n) is 22.0. The van der Waals surface area contributed by atoms with Crippen LogP contribution in [0.4, 0.5) is 24.9 Å². The molecule has 210 valence electrons. The Morgan fingerprint density at radius 3 is 2.55 bits per heavy atom. The Bertz CT molecular complexity index is 1510. The third-order valence-electron chi connectivity index (χ3n) is 6.63. The molecule has 40 heavy (non-hydrogen) atoms. The fourth-order valence-electron chi connectivity index (χ4n) is 4.54. The van der Waals surface area contributed by atoms with Crippen molar-refractivity contribution in [2.45, 2.75) is 38.6 Å². The summed E-state index contributed by atoms with van der Waals surface area (Å²) in [5.41, 5.74) is 3.46. The summed E-state index contributed by atoms with van der Waals surface area (Å²) in [6.45, 7) is 5.43. The molecule has 0 saturated carbocycles. The summed E-state index contributed by atoms with van der Waals surface area (Å²) in [5.74, 6) is 0.214. The van der Waals surface area contributed by atoms with E-state index in [0.717, 1.165) is 22.2 Å². The predicted molar refractivity (Wildman–Crippen MR) is 142 cm³/mol. The number of halogens is 3. The molecule has 1 fully saturated rings. The molecule has 0 aliphatic carbocycles. The Morgan fingerprint density at radius 1 is 1.05 bits per heavy atom. The zero-order valence-corrected chi connectivity index (χ0v) is 22.0. The van der Waals surface area contributed by atoms with Crippen LogP contribution in [0.1, 0.15) is 31.5 Å². The van der Waals surface area contributed by atoms with Crippen molar-refractivity contribution in [3.05, 3.63) is 60.2 Å². The Labute approximate surface area is 228 Å². The molecule has 1 saturated heterocycles. The van der Waals surface area contributed by atoms with Gasteiger partial charge in [0.2, 0.25) is 11.9 Å². The van der Waals surface area contributed by atoms with Gasteiger partial charge in [-0.05, 0) is 49.7 Å². The van der Waals surface area contributed by atoms with Crippen LogP contribution in [0.3, 0.4) is 0 Å². The van der Waals surface area contributed by atoms with Gasteiger partial charge in [-0.2, -0.15) is 13.2 Å². The number of benzene rings is 1. The van der Waals surface area contributed by atoms with Gasteiger partial charge in [-0.1, -0.05) is 6.07 Å². The minimum atomic E-state index is -4.49. The number of hydrogen-bond acceptors (Lipinski definition) is 8. The van der Waals surface area contributed by atoms with E-state index in [0.29, 0.717) is 42.8 Å². The molecule has 4 aromatic rings. The average molecular weight is 555 g/mol. The standard InChI is InChI=1S/C27H29F3N8O2/c1-26(2,40)22-13-20(32-16-33-22)18-3-4-19-21(12-18)35-25(34-19)36-23-11-17(5-6-31-23)15-37-7-9-38(10-8-37)24(39)14-27(28,29)30/h3-6,11-13,16,40H,7-10,14-15H2,1-2H3,(H2,31,34,35,36). The van der Waals surface area contributed by atoms with E-state index >= 15 is 0 Å². The first-order chi connectivity index (χ1) is 18.9. The van der Waals surface area contributed by atoms with Crippen molar-refractivity contribution in [1.29, 1.82) is 0 Å². The molecule has 5 rings (SSSR count). The highest BCUT2D eigenvalue weighted by molar-refractivity contribution is 5.83.